The molecule has 1 atom stereocenters. The lowest BCUT2D eigenvalue weighted by Gasteiger charge is -2.19. The van der Waals surface area contributed by atoms with Gasteiger partial charge in [0.2, 0.25) is 5.91 Å². The van der Waals surface area contributed by atoms with Crippen LogP contribution in [0.3, 0.4) is 0 Å². The minimum Gasteiger partial charge on any atom is -0.312 e. The summed E-state index contributed by atoms with van der Waals surface area (Å²) in [7, 11) is 0. The van der Waals surface area contributed by atoms with Crippen LogP contribution in [-0.2, 0) is 17.6 Å². The smallest absolute Gasteiger partial charge is 0.229 e. The van der Waals surface area contributed by atoms with Crippen LogP contribution in [0.2, 0.25) is 0 Å². The molecule has 0 N–H and O–H groups in total. The van der Waals surface area contributed by atoms with E-state index in [1.807, 2.05) is 18.7 Å². The molecular weight excluding hydrogens is 290 g/mol. The van der Waals surface area contributed by atoms with Gasteiger partial charge in [0, 0.05) is 23.0 Å². The molecule has 3 heteroatoms. The van der Waals surface area contributed by atoms with E-state index >= 15 is 0 Å². The lowest BCUT2D eigenvalue weighted by Crippen LogP contribution is -2.32. The van der Waals surface area contributed by atoms with Crippen LogP contribution in [-0.4, -0.2) is 17.3 Å². The highest BCUT2D eigenvalue weighted by Gasteiger charge is 2.26. The first kappa shape index (κ1) is 13.6. The Balaban J connectivity index is 2.22. The number of hydrogen-bond acceptors (Lipinski definition) is 1. The van der Waals surface area contributed by atoms with Crippen LogP contribution < -0.4 is 4.90 Å². The Labute approximate surface area is 117 Å². The number of carbonyl (C=O) groups is 1. The third-order valence-electron chi connectivity index (χ3n) is 3.32. The Morgan fingerprint density at radius 1 is 1.39 bits per heavy atom. The number of amides is 1. The molecule has 1 aliphatic heterocycles. The van der Waals surface area contributed by atoms with E-state index in [1.165, 1.54) is 11.1 Å². The van der Waals surface area contributed by atoms with Crippen LogP contribution in [0.15, 0.2) is 18.2 Å². The second kappa shape index (κ2) is 5.43. The lowest BCUT2D eigenvalue weighted by molar-refractivity contribution is -0.121. The quantitative estimate of drug-likeness (QED) is 0.782. The number of rotatable bonds is 3. The van der Waals surface area contributed by atoms with E-state index in [2.05, 4.69) is 41.1 Å². The molecule has 0 bridgehead atoms. The molecule has 1 aromatic carbocycles. The fourth-order valence-electron chi connectivity index (χ4n) is 2.45. The predicted octanol–water partition coefficient (Wildman–Crippen LogP) is 3.56. The Kier molecular flexibility index (Phi) is 4.10. The zero-order valence-corrected chi connectivity index (χ0v) is 12.8. The van der Waals surface area contributed by atoms with Crippen molar-refractivity contribution in [2.45, 2.75) is 38.4 Å². The summed E-state index contributed by atoms with van der Waals surface area (Å²) in [5, 5.41) is 0. The van der Waals surface area contributed by atoms with Gasteiger partial charge in [0.05, 0.1) is 0 Å². The predicted molar refractivity (Wildman–Crippen MR) is 79.4 cm³/mol. The van der Waals surface area contributed by atoms with Crippen molar-refractivity contribution in [3.05, 3.63) is 29.3 Å². The molecule has 1 heterocycles. The van der Waals surface area contributed by atoms with Crippen molar-refractivity contribution in [3.8, 4) is 0 Å². The minimum absolute atomic E-state index is 0.0678. The molecule has 0 radical (unpaired) electrons. The van der Waals surface area contributed by atoms with Gasteiger partial charge in [-0.3, -0.25) is 4.79 Å². The standard InChI is InChI=1S/C15H20BrNO/c1-10(2)15(18)17-7-6-13-9-12(8-11(3)16)4-5-14(13)17/h4-5,9-11H,6-8H2,1-3H3. The van der Waals surface area contributed by atoms with Gasteiger partial charge < -0.3 is 4.90 Å². The highest BCUT2D eigenvalue weighted by Crippen LogP contribution is 2.30. The third kappa shape index (κ3) is 2.77. The van der Waals surface area contributed by atoms with Gasteiger partial charge in [0.25, 0.3) is 0 Å². The molecule has 18 heavy (non-hydrogen) atoms. The number of benzene rings is 1. The summed E-state index contributed by atoms with van der Waals surface area (Å²) in [5.74, 6) is 0.300. The molecule has 1 unspecified atom stereocenters. The maximum absolute atomic E-state index is 12.1. The minimum atomic E-state index is 0.0678. The normalized spacial score (nSPS) is 15.9. The number of anilines is 1. The number of halogens is 1. The molecule has 0 fully saturated rings. The van der Waals surface area contributed by atoms with Crippen LogP contribution in [0.1, 0.15) is 31.9 Å². The van der Waals surface area contributed by atoms with Gasteiger partial charge in [-0.05, 0) is 30.0 Å². The average Bonchev–Trinajstić information content (AvgIpc) is 2.69. The first-order valence-electron chi connectivity index (χ1n) is 6.56. The van der Waals surface area contributed by atoms with Crippen molar-refractivity contribution >= 4 is 27.5 Å². The zero-order chi connectivity index (χ0) is 13.3. The van der Waals surface area contributed by atoms with Gasteiger partial charge in [0.1, 0.15) is 0 Å². The van der Waals surface area contributed by atoms with Gasteiger partial charge in [-0.2, -0.15) is 0 Å². The van der Waals surface area contributed by atoms with E-state index in [-0.39, 0.29) is 11.8 Å². The molecule has 98 valence electrons. The van der Waals surface area contributed by atoms with Crippen molar-refractivity contribution in [1.29, 1.82) is 0 Å². The summed E-state index contributed by atoms with van der Waals surface area (Å²) in [6, 6.07) is 6.50. The Morgan fingerprint density at radius 2 is 2.11 bits per heavy atom. The fourth-order valence-corrected chi connectivity index (χ4v) is 2.82. The Bertz CT molecular complexity index is 454. The molecule has 1 aromatic rings. The van der Waals surface area contributed by atoms with E-state index in [4.69, 9.17) is 0 Å². The van der Waals surface area contributed by atoms with E-state index in [0.29, 0.717) is 4.83 Å². The van der Waals surface area contributed by atoms with Crippen molar-refractivity contribution < 1.29 is 4.79 Å². The van der Waals surface area contributed by atoms with Gasteiger partial charge in [-0.1, -0.05) is 48.8 Å². The number of hydrogen-bond donors (Lipinski definition) is 0. The molecule has 1 amide bonds. The molecule has 1 aliphatic rings. The van der Waals surface area contributed by atoms with Crippen LogP contribution in [0.25, 0.3) is 0 Å². The molecule has 0 saturated heterocycles. The highest BCUT2D eigenvalue weighted by molar-refractivity contribution is 9.09. The topological polar surface area (TPSA) is 20.3 Å². The van der Waals surface area contributed by atoms with E-state index < -0.39 is 0 Å². The maximum atomic E-state index is 12.1. The Hall–Kier alpha value is -0.830. The van der Waals surface area contributed by atoms with Gasteiger partial charge in [-0.15, -0.1) is 0 Å². The summed E-state index contributed by atoms with van der Waals surface area (Å²) < 4.78 is 0. The summed E-state index contributed by atoms with van der Waals surface area (Å²) in [5.41, 5.74) is 3.77. The number of carbonyl (C=O) groups excluding carboxylic acids is 1. The second-order valence-electron chi connectivity index (χ2n) is 5.34. The molecule has 0 saturated carbocycles. The Morgan fingerprint density at radius 3 is 2.72 bits per heavy atom. The van der Waals surface area contributed by atoms with Crippen LogP contribution in [0.4, 0.5) is 5.69 Å². The number of fused-ring (bicyclic) bond motifs is 1. The SMILES string of the molecule is CC(Br)Cc1ccc2c(c1)CCN2C(=O)C(C)C. The van der Waals surface area contributed by atoms with E-state index in [0.717, 1.165) is 25.1 Å². The number of nitrogens with zero attached hydrogens (tertiary/aromatic N) is 1. The molecule has 0 aliphatic carbocycles. The molecule has 2 nitrogen and oxygen atoms in total. The summed E-state index contributed by atoms with van der Waals surface area (Å²) in [4.78, 5) is 14.5. The van der Waals surface area contributed by atoms with E-state index in [9.17, 15) is 4.79 Å². The first-order valence-corrected chi connectivity index (χ1v) is 7.48. The van der Waals surface area contributed by atoms with Crippen molar-refractivity contribution in [1.82, 2.24) is 0 Å². The van der Waals surface area contributed by atoms with Crippen LogP contribution in [0.5, 0.6) is 0 Å². The molecular formula is C15H20BrNO. The molecule has 0 aromatic heterocycles. The summed E-state index contributed by atoms with van der Waals surface area (Å²) in [6.45, 7) is 6.91. The molecule has 2 rings (SSSR count). The van der Waals surface area contributed by atoms with E-state index in [1.54, 1.807) is 0 Å². The maximum Gasteiger partial charge on any atom is 0.229 e. The first-order chi connectivity index (χ1) is 8.49. The van der Waals surface area contributed by atoms with Crippen LogP contribution >= 0.6 is 15.9 Å². The van der Waals surface area contributed by atoms with Gasteiger partial charge in [-0.25, -0.2) is 0 Å². The molecule has 0 spiro atoms. The monoisotopic (exact) mass is 309 g/mol. The van der Waals surface area contributed by atoms with Crippen LogP contribution in [0, 0.1) is 5.92 Å². The fraction of sp³-hybridized carbons (Fsp3) is 0.533. The van der Waals surface area contributed by atoms with Gasteiger partial charge in [0.15, 0.2) is 0 Å². The number of alkyl halides is 1. The summed E-state index contributed by atoms with van der Waals surface area (Å²) in [6.07, 6.45) is 2.02. The lowest BCUT2D eigenvalue weighted by atomic mass is 10.0. The summed E-state index contributed by atoms with van der Waals surface area (Å²) >= 11 is 3.58. The van der Waals surface area contributed by atoms with Crippen molar-refractivity contribution in [2.24, 2.45) is 5.92 Å². The average molecular weight is 310 g/mol. The third-order valence-corrected chi connectivity index (χ3v) is 3.64. The second-order valence-corrected chi connectivity index (χ2v) is 6.91. The highest BCUT2D eigenvalue weighted by atomic mass is 79.9. The van der Waals surface area contributed by atoms with Crippen molar-refractivity contribution in [3.63, 3.8) is 0 Å². The van der Waals surface area contributed by atoms with Crippen molar-refractivity contribution in [2.75, 3.05) is 11.4 Å². The largest absolute Gasteiger partial charge is 0.312 e. The zero-order valence-electron chi connectivity index (χ0n) is 11.2. The van der Waals surface area contributed by atoms with Gasteiger partial charge >= 0.3 is 0 Å².